The van der Waals surface area contributed by atoms with Crippen molar-refractivity contribution in [2.24, 2.45) is 0 Å². The quantitative estimate of drug-likeness (QED) is 0.0169. The van der Waals surface area contributed by atoms with Crippen molar-refractivity contribution in [2.75, 3.05) is 39.6 Å². The predicted molar refractivity (Wildman–Crippen MR) is 408 cm³/mol. The van der Waals surface area contributed by atoms with E-state index in [0.29, 0.717) is 32.1 Å². The molecule has 0 fully saturated rings. The Labute approximate surface area is 603 Å². The van der Waals surface area contributed by atoms with Gasteiger partial charge >= 0.3 is 39.5 Å². The fourth-order valence-corrected chi connectivity index (χ4v) is 10.7. The molecule has 0 spiro atoms. The van der Waals surface area contributed by atoms with Crippen molar-refractivity contribution in [1.29, 1.82) is 0 Å². The van der Waals surface area contributed by atoms with Gasteiger partial charge in [0.1, 0.15) is 19.3 Å². The second-order valence-corrected chi connectivity index (χ2v) is 27.0. The zero-order valence-electron chi connectivity index (χ0n) is 61.5. The van der Waals surface area contributed by atoms with E-state index in [0.717, 1.165) is 167 Å². The van der Waals surface area contributed by atoms with Crippen LogP contribution in [0.1, 0.15) is 259 Å². The van der Waals surface area contributed by atoms with Gasteiger partial charge in [-0.2, -0.15) is 0 Å². The molecule has 0 amide bonds. The minimum absolute atomic E-state index is 0.0638. The number of aliphatic hydroxyl groups is 1. The lowest BCUT2D eigenvalue weighted by molar-refractivity contribution is -0.161. The summed E-state index contributed by atoms with van der Waals surface area (Å²) >= 11 is 0. The largest absolute Gasteiger partial charge is 0.472 e. The van der Waals surface area contributed by atoms with Gasteiger partial charge in [0, 0.05) is 19.3 Å². The summed E-state index contributed by atoms with van der Waals surface area (Å²) in [5.74, 6) is -2.43. The smallest absolute Gasteiger partial charge is 0.462 e. The van der Waals surface area contributed by atoms with Crippen LogP contribution < -0.4 is 0 Å². The lowest BCUT2D eigenvalue weighted by Gasteiger charge is -2.21. The molecule has 0 saturated carbocycles. The van der Waals surface area contributed by atoms with Gasteiger partial charge in [-0.3, -0.25) is 37.3 Å². The van der Waals surface area contributed by atoms with Gasteiger partial charge in [-0.25, -0.2) is 9.13 Å². The number of hydrogen-bond donors (Lipinski definition) is 3. The lowest BCUT2D eigenvalue weighted by atomic mass is 10.1. The summed E-state index contributed by atoms with van der Waals surface area (Å²) in [6, 6.07) is 0. The van der Waals surface area contributed by atoms with Crippen LogP contribution in [0.25, 0.3) is 0 Å². The Bertz CT molecular complexity index is 2570. The van der Waals surface area contributed by atoms with Crippen LogP contribution in [0, 0.1) is 0 Å². The fourth-order valence-electron chi connectivity index (χ4n) is 9.09. The third kappa shape index (κ3) is 70.8. The molecular weight excluding hydrogens is 1310 g/mol. The molecule has 0 aromatic carbocycles. The number of unbranched alkanes of at least 4 members (excludes halogenated alkanes) is 15. The van der Waals surface area contributed by atoms with Gasteiger partial charge in [-0.05, 0) is 141 Å². The van der Waals surface area contributed by atoms with Gasteiger partial charge in [0.05, 0.1) is 32.8 Å². The first kappa shape index (κ1) is 94.4. The number of carbonyl (C=O) groups excluding carboxylic acids is 4. The van der Waals surface area contributed by atoms with Crippen LogP contribution in [0.2, 0.25) is 0 Å². The summed E-state index contributed by atoms with van der Waals surface area (Å²) in [5.41, 5.74) is 0. The molecule has 19 heteroatoms. The summed E-state index contributed by atoms with van der Waals surface area (Å²) in [4.78, 5) is 72.7. The van der Waals surface area contributed by atoms with E-state index in [-0.39, 0.29) is 25.7 Å². The summed E-state index contributed by atoms with van der Waals surface area (Å²) in [7, 11) is -10.0. The van der Waals surface area contributed by atoms with Crippen molar-refractivity contribution < 1.29 is 80.2 Å². The summed E-state index contributed by atoms with van der Waals surface area (Å²) in [5, 5.41) is 10.6. The molecule has 5 unspecified atom stereocenters. The molecule has 0 aliphatic heterocycles. The number of phosphoric ester groups is 2. The van der Waals surface area contributed by atoms with E-state index in [1.807, 2.05) is 24.3 Å². The van der Waals surface area contributed by atoms with E-state index in [9.17, 15) is 43.2 Å². The summed E-state index contributed by atoms with van der Waals surface area (Å²) in [6.07, 6.45) is 84.0. The first-order chi connectivity index (χ1) is 48.7. The van der Waals surface area contributed by atoms with E-state index in [2.05, 4.69) is 161 Å². The average molecular weight is 1440 g/mol. The van der Waals surface area contributed by atoms with E-state index in [1.165, 1.54) is 6.42 Å². The number of ether oxygens (including phenoxy) is 4. The molecule has 3 N–H and O–H groups in total. The number of hydrogen-bond acceptors (Lipinski definition) is 15. The normalized spacial score (nSPS) is 14.9. The van der Waals surface area contributed by atoms with E-state index >= 15 is 0 Å². The maximum absolute atomic E-state index is 13.1. The van der Waals surface area contributed by atoms with E-state index < -0.39 is 97.5 Å². The summed E-state index contributed by atoms with van der Waals surface area (Å²) < 4.78 is 68.2. The van der Waals surface area contributed by atoms with Crippen molar-refractivity contribution in [3.8, 4) is 0 Å². The number of esters is 4. The zero-order valence-corrected chi connectivity index (χ0v) is 63.3. The Morgan fingerprint density at radius 3 is 0.940 bits per heavy atom. The van der Waals surface area contributed by atoms with Crippen LogP contribution in [0.4, 0.5) is 0 Å². The third-order valence-corrected chi connectivity index (χ3v) is 16.6. The lowest BCUT2D eigenvalue weighted by Crippen LogP contribution is -2.30. The molecule has 100 heavy (non-hydrogen) atoms. The van der Waals surface area contributed by atoms with Gasteiger partial charge in [-0.1, -0.05) is 262 Å². The van der Waals surface area contributed by atoms with Crippen LogP contribution in [-0.2, 0) is 65.4 Å². The van der Waals surface area contributed by atoms with Gasteiger partial charge in [0.15, 0.2) is 12.2 Å². The van der Waals surface area contributed by atoms with Crippen molar-refractivity contribution >= 4 is 39.5 Å². The molecule has 0 heterocycles. The number of carbonyl (C=O) groups is 4. The van der Waals surface area contributed by atoms with Crippen molar-refractivity contribution in [1.82, 2.24) is 0 Å². The third-order valence-electron chi connectivity index (χ3n) is 14.7. The standard InChI is InChI=1S/C81H130O17P2/c1-5-9-13-17-21-25-29-32-35-37-40-42-46-49-53-57-61-65-78(83)91-71-76(97-80(85)67-63-59-55-51-45-28-24-20-16-12-8-4)73-95-99(87,88)93-69-75(82)70-94-100(89,90)96-74-77(98-81(86)68-64-60-56-52-48-44-39-34-31-27-23-19-15-11-7-3)72-92-79(84)66-62-58-54-50-47-43-41-38-36-33-30-26-22-18-14-10-6-2/h9-11,13-15,20-27,32-36,39-40,42,48-49,52-53,60,64,75-77,82H,5-8,12,16-19,28-31,37-38,41,43-47,50-51,54-59,61-63,65-74H2,1-4H3,(H,87,88)(H,89,90)/b13-9-,14-10-,15-11-,24-20-,25-21-,26-22-,27-23-,35-32-,36-33-,39-34-,42-40-,52-48-,53-49-,64-60-. The van der Waals surface area contributed by atoms with Crippen molar-refractivity contribution in [2.45, 2.75) is 277 Å². The molecule has 0 aromatic heterocycles. The molecule has 0 bridgehead atoms. The van der Waals surface area contributed by atoms with Crippen molar-refractivity contribution in [3.05, 3.63) is 170 Å². The Morgan fingerprint density at radius 1 is 0.300 bits per heavy atom. The van der Waals surface area contributed by atoms with Crippen molar-refractivity contribution in [3.63, 3.8) is 0 Å². The second kappa shape index (κ2) is 71.8. The van der Waals surface area contributed by atoms with Crippen LogP contribution in [-0.4, -0.2) is 96.7 Å². The molecule has 17 nitrogen and oxygen atoms in total. The molecule has 0 aliphatic rings. The maximum atomic E-state index is 13.1. The highest BCUT2D eigenvalue weighted by molar-refractivity contribution is 7.47. The second-order valence-electron chi connectivity index (χ2n) is 24.1. The van der Waals surface area contributed by atoms with Gasteiger partial charge in [-0.15, -0.1) is 0 Å². The van der Waals surface area contributed by atoms with E-state index in [1.54, 1.807) is 12.2 Å². The van der Waals surface area contributed by atoms with E-state index in [4.69, 9.17) is 37.0 Å². The number of rotatable bonds is 68. The van der Waals surface area contributed by atoms with Crippen LogP contribution in [0.15, 0.2) is 170 Å². The van der Waals surface area contributed by atoms with Gasteiger partial charge < -0.3 is 33.8 Å². The molecule has 566 valence electrons. The van der Waals surface area contributed by atoms with Gasteiger partial charge in [0.25, 0.3) is 0 Å². The first-order valence-corrected chi connectivity index (χ1v) is 40.4. The fraction of sp³-hybridized carbons (Fsp3) is 0.605. The Kier molecular flexibility index (Phi) is 67.8. The molecular formula is C81H130O17P2. The first-order valence-electron chi connectivity index (χ1n) is 37.4. The number of aliphatic hydroxyl groups excluding tert-OH is 1. The highest BCUT2D eigenvalue weighted by Gasteiger charge is 2.30. The number of allylic oxidation sites excluding steroid dienone is 27. The van der Waals surface area contributed by atoms with Crippen LogP contribution in [0.3, 0.4) is 0 Å². The number of phosphoric acid groups is 2. The van der Waals surface area contributed by atoms with Crippen LogP contribution >= 0.6 is 15.6 Å². The maximum Gasteiger partial charge on any atom is 0.472 e. The van der Waals surface area contributed by atoms with Gasteiger partial charge in [0.2, 0.25) is 0 Å². The highest BCUT2D eigenvalue weighted by Crippen LogP contribution is 2.45. The molecule has 0 radical (unpaired) electrons. The molecule has 0 aliphatic carbocycles. The zero-order chi connectivity index (χ0) is 73.2. The monoisotopic (exact) mass is 1440 g/mol. The molecule has 0 rings (SSSR count). The summed E-state index contributed by atoms with van der Waals surface area (Å²) in [6.45, 7) is 4.25. The Balaban J connectivity index is 5.46. The Hall–Kier alpha value is -5.58. The minimum atomic E-state index is -5.01. The average Bonchev–Trinajstić information content (AvgIpc) is 0.989. The molecule has 0 aromatic rings. The predicted octanol–water partition coefficient (Wildman–Crippen LogP) is 21.4. The SMILES string of the molecule is CC/C=C\C/C=C\C/C=C\C/C=C\C/C=C\CCCC(=O)OCC(COP(=O)(O)OCC(O)COP(=O)(O)OCC(COC(=O)CCCCCCCCC/C=C\C/C=C\C/C=C\CC)OC(=O)C/C=C\C/C=C\C/C=C\C/C=C\C/C=C\CC)OC(=O)CCCCCCC/C=C\CCCC. The molecule has 0 saturated heterocycles. The Morgan fingerprint density at radius 2 is 0.570 bits per heavy atom. The highest BCUT2D eigenvalue weighted by atomic mass is 31.2. The molecule has 5 atom stereocenters. The minimum Gasteiger partial charge on any atom is -0.462 e. The van der Waals surface area contributed by atoms with Crippen LogP contribution in [0.5, 0.6) is 0 Å². The topological polar surface area (TPSA) is 237 Å².